The lowest BCUT2D eigenvalue weighted by Gasteiger charge is -2.05. The summed E-state index contributed by atoms with van der Waals surface area (Å²) in [6, 6.07) is 27.1. The normalized spacial score (nSPS) is 11.1. The Morgan fingerprint density at radius 3 is 1.78 bits per heavy atom. The first-order valence-corrected chi connectivity index (χ1v) is 12.7. The monoisotopic (exact) mass is 542 g/mol. The fourth-order valence-electron chi connectivity index (χ4n) is 3.77. The molecule has 0 spiro atoms. The molecule has 4 rings (SSSR count). The lowest BCUT2D eigenvalue weighted by atomic mass is 10.1. The molecule has 0 fully saturated rings. The molecular formula is C36H27FO4. The molecule has 0 aliphatic heterocycles. The van der Waals surface area contributed by atoms with Gasteiger partial charge in [-0.2, -0.15) is 0 Å². The molecule has 4 aromatic carbocycles. The number of carbonyl (C=O) groups excluding carboxylic acids is 2. The number of benzene rings is 4. The Bertz CT molecular complexity index is 1660. The van der Waals surface area contributed by atoms with Crippen LogP contribution >= 0.6 is 0 Å². The van der Waals surface area contributed by atoms with Crippen molar-refractivity contribution in [2.24, 2.45) is 0 Å². The fraction of sp³-hybridized carbons (Fsp3) is 0. The third kappa shape index (κ3) is 8.47. The largest absolute Gasteiger partial charge is 0.423 e. The van der Waals surface area contributed by atoms with Gasteiger partial charge < -0.3 is 9.47 Å². The Hall–Kier alpha value is -5.55. The third-order valence-corrected chi connectivity index (χ3v) is 5.88. The molecule has 0 unspecified atom stereocenters. The van der Waals surface area contributed by atoms with Crippen LogP contribution in [-0.2, 0) is 9.59 Å². The molecule has 0 aliphatic carbocycles. The van der Waals surface area contributed by atoms with Gasteiger partial charge in [0.05, 0.1) is 0 Å². The zero-order valence-corrected chi connectivity index (χ0v) is 22.2. The summed E-state index contributed by atoms with van der Waals surface area (Å²) in [6.45, 7) is 6.80. The van der Waals surface area contributed by atoms with Gasteiger partial charge in [0, 0.05) is 23.3 Å². The number of ether oxygens (including phenoxy) is 2. The predicted octanol–water partition coefficient (Wildman–Crippen LogP) is 8.52. The Balaban J connectivity index is 1.39. The molecule has 41 heavy (non-hydrogen) atoms. The van der Waals surface area contributed by atoms with Crippen LogP contribution in [0, 0.1) is 5.82 Å². The number of hydrogen-bond donors (Lipinski definition) is 0. The van der Waals surface area contributed by atoms with Crippen LogP contribution in [0.5, 0.6) is 11.5 Å². The Morgan fingerprint density at radius 2 is 1.12 bits per heavy atom. The molecule has 5 heteroatoms. The first-order chi connectivity index (χ1) is 19.9. The van der Waals surface area contributed by atoms with Gasteiger partial charge in [0.15, 0.2) is 0 Å². The van der Waals surface area contributed by atoms with Crippen LogP contribution in [0.4, 0.5) is 4.39 Å². The van der Waals surface area contributed by atoms with Crippen molar-refractivity contribution >= 4 is 48.4 Å². The van der Waals surface area contributed by atoms with Crippen LogP contribution in [0.25, 0.3) is 36.5 Å². The molecule has 0 radical (unpaired) electrons. The standard InChI is InChI=1S/C36H27FO4/c1-3-35(38)40-32-10-7-8-28(24-32)18-16-26-12-14-27(15-13-26)17-19-29-20-21-30(33(37)25-29)22-23-31-9-5-6-11-34(31)41-36(39)4-2/h3-25H,1-2H2. The van der Waals surface area contributed by atoms with E-state index in [1.54, 1.807) is 48.6 Å². The Kier molecular flexibility index (Phi) is 9.73. The zero-order chi connectivity index (χ0) is 29.0. The van der Waals surface area contributed by atoms with Crippen molar-refractivity contribution in [1.29, 1.82) is 0 Å². The van der Waals surface area contributed by atoms with Gasteiger partial charge in [-0.05, 0) is 46.5 Å². The van der Waals surface area contributed by atoms with Crippen molar-refractivity contribution in [3.8, 4) is 11.5 Å². The highest BCUT2D eigenvalue weighted by Gasteiger charge is 2.05. The van der Waals surface area contributed by atoms with E-state index in [9.17, 15) is 14.0 Å². The maximum atomic E-state index is 14.8. The second kappa shape index (κ2) is 14.0. The molecule has 0 saturated carbocycles. The van der Waals surface area contributed by atoms with Gasteiger partial charge in [0.2, 0.25) is 0 Å². The third-order valence-electron chi connectivity index (χ3n) is 5.88. The van der Waals surface area contributed by atoms with E-state index in [0.29, 0.717) is 22.6 Å². The van der Waals surface area contributed by atoms with E-state index < -0.39 is 11.9 Å². The minimum Gasteiger partial charge on any atom is -0.423 e. The van der Waals surface area contributed by atoms with E-state index in [2.05, 4.69) is 13.2 Å². The molecule has 4 nitrogen and oxygen atoms in total. The number of para-hydroxylation sites is 1. The van der Waals surface area contributed by atoms with E-state index >= 15 is 0 Å². The summed E-state index contributed by atoms with van der Waals surface area (Å²) in [7, 11) is 0. The molecule has 4 aromatic rings. The molecule has 0 amide bonds. The van der Waals surface area contributed by atoms with Crippen LogP contribution in [-0.4, -0.2) is 11.9 Å². The highest BCUT2D eigenvalue weighted by molar-refractivity contribution is 5.85. The maximum absolute atomic E-state index is 14.8. The fourth-order valence-corrected chi connectivity index (χ4v) is 3.77. The summed E-state index contributed by atoms with van der Waals surface area (Å²) >= 11 is 0. The van der Waals surface area contributed by atoms with Crippen LogP contribution in [0.1, 0.15) is 33.4 Å². The summed E-state index contributed by atoms with van der Waals surface area (Å²) in [6.07, 6.45) is 13.2. The van der Waals surface area contributed by atoms with Crippen LogP contribution in [0.15, 0.2) is 116 Å². The lowest BCUT2D eigenvalue weighted by molar-refractivity contribution is -0.129. The first-order valence-electron chi connectivity index (χ1n) is 12.7. The van der Waals surface area contributed by atoms with E-state index in [1.807, 2.05) is 72.8 Å². The van der Waals surface area contributed by atoms with Gasteiger partial charge in [0.25, 0.3) is 0 Å². The van der Waals surface area contributed by atoms with Gasteiger partial charge in [-0.15, -0.1) is 0 Å². The quantitative estimate of drug-likeness (QED) is 0.0872. The van der Waals surface area contributed by atoms with Gasteiger partial charge in [-0.1, -0.05) is 116 Å². The summed E-state index contributed by atoms with van der Waals surface area (Å²) in [4.78, 5) is 23.0. The number of hydrogen-bond acceptors (Lipinski definition) is 4. The number of halogens is 1. The van der Waals surface area contributed by atoms with Crippen molar-refractivity contribution in [3.63, 3.8) is 0 Å². The average molecular weight is 543 g/mol. The van der Waals surface area contributed by atoms with Crippen molar-refractivity contribution in [2.45, 2.75) is 0 Å². The molecule has 0 atom stereocenters. The highest BCUT2D eigenvalue weighted by atomic mass is 19.1. The van der Waals surface area contributed by atoms with Crippen LogP contribution < -0.4 is 9.47 Å². The van der Waals surface area contributed by atoms with Gasteiger partial charge in [-0.3, -0.25) is 0 Å². The van der Waals surface area contributed by atoms with E-state index in [-0.39, 0.29) is 5.82 Å². The molecule has 0 aliphatic rings. The van der Waals surface area contributed by atoms with Crippen LogP contribution in [0.3, 0.4) is 0 Å². The van der Waals surface area contributed by atoms with E-state index in [1.165, 1.54) is 6.07 Å². The topological polar surface area (TPSA) is 52.6 Å². The molecule has 0 bridgehead atoms. The first kappa shape index (κ1) is 28.5. The molecule has 202 valence electrons. The zero-order valence-electron chi connectivity index (χ0n) is 22.2. The smallest absolute Gasteiger partial charge is 0.335 e. The Morgan fingerprint density at radius 1 is 0.561 bits per heavy atom. The van der Waals surface area contributed by atoms with E-state index in [0.717, 1.165) is 34.4 Å². The summed E-state index contributed by atoms with van der Waals surface area (Å²) in [5.41, 5.74) is 4.64. The van der Waals surface area contributed by atoms with Crippen molar-refractivity contribution < 1.29 is 23.5 Å². The Labute approximate surface area is 238 Å². The summed E-state index contributed by atoms with van der Waals surface area (Å²) in [5, 5.41) is 0. The minimum absolute atomic E-state index is 0.368. The van der Waals surface area contributed by atoms with Crippen LogP contribution in [0.2, 0.25) is 0 Å². The van der Waals surface area contributed by atoms with Gasteiger partial charge >= 0.3 is 11.9 Å². The van der Waals surface area contributed by atoms with Gasteiger partial charge in [-0.25, -0.2) is 14.0 Å². The second-order valence-corrected chi connectivity index (χ2v) is 8.81. The number of esters is 2. The molecule has 0 heterocycles. The van der Waals surface area contributed by atoms with Crippen molar-refractivity contribution in [3.05, 3.63) is 156 Å². The molecule has 0 aromatic heterocycles. The highest BCUT2D eigenvalue weighted by Crippen LogP contribution is 2.23. The van der Waals surface area contributed by atoms with E-state index in [4.69, 9.17) is 9.47 Å². The predicted molar refractivity (Wildman–Crippen MR) is 164 cm³/mol. The summed E-state index contributed by atoms with van der Waals surface area (Å²) in [5.74, 6) is -0.606. The minimum atomic E-state index is -0.560. The van der Waals surface area contributed by atoms with Crippen molar-refractivity contribution in [2.75, 3.05) is 0 Å². The molecular weight excluding hydrogens is 515 g/mol. The van der Waals surface area contributed by atoms with Gasteiger partial charge in [0.1, 0.15) is 17.3 Å². The number of rotatable bonds is 10. The summed E-state index contributed by atoms with van der Waals surface area (Å²) < 4.78 is 25.2. The maximum Gasteiger partial charge on any atom is 0.335 e. The molecule has 0 N–H and O–H groups in total. The average Bonchev–Trinajstić information content (AvgIpc) is 2.99. The number of carbonyl (C=O) groups is 2. The molecule has 0 saturated heterocycles. The van der Waals surface area contributed by atoms with Crippen molar-refractivity contribution in [1.82, 2.24) is 0 Å². The second-order valence-electron chi connectivity index (χ2n) is 8.81. The lowest BCUT2D eigenvalue weighted by Crippen LogP contribution is -2.03. The SMILES string of the molecule is C=CC(=O)Oc1cccc(C=Cc2ccc(C=Cc3ccc(C=Cc4ccccc4OC(=O)C=C)c(F)c3)cc2)c1.